The maximum absolute atomic E-state index is 9.32. The number of para-hydroxylation sites is 1. The number of aliphatic hydroxyl groups is 1. The lowest BCUT2D eigenvalue weighted by molar-refractivity contribution is 0.0358. The second kappa shape index (κ2) is 5.59. The third-order valence-corrected chi connectivity index (χ3v) is 3.35. The zero-order valence-electron chi connectivity index (χ0n) is 11.2. The first kappa shape index (κ1) is 13.2. The molecule has 18 heavy (non-hydrogen) atoms. The lowest BCUT2D eigenvalue weighted by Crippen LogP contribution is -2.51. The van der Waals surface area contributed by atoms with Crippen LogP contribution in [-0.4, -0.2) is 50.0 Å². The molecule has 1 N–H and O–H groups in total. The molecule has 0 aliphatic carbocycles. The van der Waals surface area contributed by atoms with Gasteiger partial charge in [0.05, 0.1) is 7.11 Å². The fourth-order valence-electron chi connectivity index (χ4n) is 2.19. The first-order chi connectivity index (χ1) is 8.65. The number of hydrogen-bond acceptors (Lipinski definition) is 4. The molecule has 0 bridgehead atoms. The van der Waals surface area contributed by atoms with E-state index < -0.39 is 0 Å². The van der Waals surface area contributed by atoms with Crippen molar-refractivity contribution in [2.75, 3.05) is 33.9 Å². The van der Waals surface area contributed by atoms with Crippen LogP contribution in [0, 0.1) is 0 Å². The van der Waals surface area contributed by atoms with Crippen LogP contribution in [0.15, 0.2) is 18.2 Å². The predicted octanol–water partition coefficient (Wildman–Crippen LogP) is 1.48. The number of likely N-dealkylation sites (tertiary alicyclic amines) is 1. The van der Waals surface area contributed by atoms with Gasteiger partial charge in [0, 0.05) is 31.2 Å². The van der Waals surface area contributed by atoms with Crippen molar-refractivity contribution in [3.63, 3.8) is 0 Å². The third kappa shape index (κ3) is 2.60. The number of benzene rings is 1. The summed E-state index contributed by atoms with van der Waals surface area (Å²) in [4.78, 5) is 2.20. The van der Waals surface area contributed by atoms with Crippen LogP contribution < -0.4 is 9.47 Å². The van der Waals surface area contributed by atoms with Crippen molar-refractivity contribution in [2.45, 2.75) is 18.9 Å². The molecule has 1 fully saturated rings. The fourth-order valence-corrected chi connectivity index (χ4v) is 2.19. The van der Waals surface area contributed by atoms with Crippen LogP contribution in [-0.2, 0) is 0 Å². The van der Waals surface area contributed by atoms with Gasteiger partial charge in [-0.25, -0.2) is 0 Å². The number of methoxy groups -OCH3 is 1. The average Bonchev–Trinajstić information content (AvgIpc) is 2.36. The maximum atomic E-state index is 9.32. The lowest BCUT2D eigenvalue weighted by atomic mass is 10.0. The van der Waals surface area contributed by atoms with Gasteiger partial charge >= 0.3 is 0 Å². The third-order valence-electron chi connectivity index (χ3n) is 3.35. The Hall–Kier alpha value is -1.26. The fraction of sp³-hybridized carbons (Fsp3) is 0.571. The Morgan fingerprint density at radius 2 is 2.17 bits per heavy atom. The molecule has 1 unspecified atom stereocenters. The van der Waals surface area contributed by atoms with Crippen molar-refractivity contribution >= 4 is 0 Å². The summed E-state index contributed by atoms with van der Waals surface area (Å²) in [6.45, 7) is 3.96. The van der Waals surface area contributed by atoms with Gasteiger partial charge in [-0.1, -0.05) is 19.1 Å². The number of nitrogens with zero attached hydrogens (tertiary/aromatic N) is 1. The zero-order valence-corrected chi connectivity index (χ0v) is 11.2. The van der Waals surface area contributed by atoms with Crippen molar-refractivity contribution in [2.24, 2.45) is 0 Å². The monoisotopic (exact) mass is 251 g/mol. The topological polar surface area (TPSA) is 41.9 Å². The molecule has 0 aromatic heterocycles. The van der Waals surface area contributed by atoms with Crippen LogP contribution in [0.3, 0.4) is 0 Å². The predicted molar refractivity (Wildman–Crippen MR) is 70.4 cm³/mol. The van der Waals surface area contributed by atoms with Crippen LogP contribution in [0.4, 0.5) is 0 Å². The zero-order chi connectivity index (χ0) is 13.1. The average molecular weight is 251 g/mol. The highest BCUT2D eigenvalue weighted by Gasteiger charge is 2.27. The molecule has 0 radical (unpaired) electrons. The van der Waals surface area contributed by atoms with E-state index >= 15 is 0 Å². The first-order valence-corrected chi connectivity index (χ1v) is 6.28. The maximum Gasteiger partial charge on any atom is 0.165 e. The standard InChI is InChI=1S/C14H21NO3/c1-10(9-16)12-5-4-6-13(17-3)14(12)18-11-7-15(2)8-11/h4-6,10-11,16H,7-9H2,1-3H3. The summed E-state index contributed by atoms with van der Waals surface area (Å²) in [7, 11) is 3.71. The van der Waals surface area contributed by atoms with Gasteiger partial charge in [0.25, 0.3) is 0 Å². The van der Waals surface area contributed by atoms with E-state index in [0.717, 1.165) is 30.2 Å². The van der Waals surface area contributed by atoms with Crippen molar-refractivity contribution in [1.29, 1.82) is 0 Å². The van der Waals surface area contributed by atoms with E-state index in [-0.39, 0.29) is 18.6 Å². The number of rotatable bonds is 5. The highest BCUT2D eigenvalue weighted by atomic mass is 16.5. The van der Waals surface area contributed by atoms with Crippen LogP contribution >= 0.6 is 0 Å². The van der Waals surface area contributed by atoms with Crippen molar-refractivity contribution in [3.8, 4) is 11.5 Å². The molecule has 1 atom stereocenters. The van der Waals surface area contributed by atoms with Gasteiger partial charge in [-0.2, -0.15) is 0 Å². The summed E-state index contributed by atoms with van der Waals surface area (Å²) >= 11 is 0. The van der Waals surface area contributed by atoms with Gasteiger partial charge in [0.2, 0.25) is 0 Å². The second-order valence-electron chi connectivity index (χ2n) is 4.92. The van der Waals surface area contributed by atoms with E-state index in [1.54, 1.807) is 7.11 Å². The van der Waals surface area contributed by atoms with E-state index in [1.165, 1.54) is 0 Å². The van der Waals surface area contributed by atoms with Gasteiger partial charge in [0.1, 0.15) is 6.10 Å². The molecule has 1 heterocycles. The molecule has 4 nitrogen and oxygen atoms in total. The Bertz CT molecular complexity index is 402. The Morgan fingerprint density at radius 3 is 2.72 bits per heavy atom. The van der Waals surface area contributed by atoms with Crippen LogP contribution in [0.25, 0.3) is 0 Å². The molecule has 1 aromatic carbocycles. The van der Waals surface area contributed by atoms with Crippen molar-refractivity contribution < 1.29 is 14.6 Å². The second-order valence-corrected chi connectivity index (χ2v) is 4.92. The van der Waals surface area contributed by atoms with Crippen molar-refractivity contribution in [1.82, 2.24) is 4.90 Å². The molecule has 1 aromatic rings. The summed E-state index contributed by atoms with van der Waals surface area (Å²) < 4.78 is 11.4. The summed E-state index contributed by atoms with van der Waals surface area (Å²) in [6, 6.07) is 5.81. The molecule has 1 aliphatic rings. The number of likely N-dealkylation sites (N-methyl/N-ethyl adjacent to an activating group) is 1. The van der Waals surface area contributed by atoms with Gasteiger partial charge < -0.3 is 14.6 Å². The molecule has 4 heteroatoms. The molecule has 1 saturated heterocycles. The minimum atomic E-state index is 0.0490. The summed E-state index contributed by atoms with van der Waals surface area (Å²) in [5.74, 6) is 1.56. The molecule has 1 aliphatic heterocycles. The molecule has 100 valence electrons. The largest absolute Gasteiger partial charge is 0.493 e. The Balaban J connectivity index is 2.23. The molecule has 2 rings (SSSR count). The minimum absolute atomic E-state index is 0.0490. The van der Waals surface area contributed by atoms with E-state index in [9.17, 15) is 5.11 Å². The van der Waals surface area contributed by atoms with E-state index in [4.69, 9.17) is 9.47 Å². The molecular weight excluding hydrogens is 230 g/mol. The highest BCUT2D eigenvalue weighted by molar-refractivity contribution is 5.48. The van der Waals surface area contributed by atoms with E-state index in [0.29, 0.717) is 0 Å². The number of ether oxygens (including phenoxy) is 2. The van der Waals surface area contributed by atoms with E-state index in [2.05, 4.69) is 11.9 Å². The van der Waals surface area contributed by atoms with Crippen LogP contribution in [0.1, 0.15) is 18.4 Å². The molecule has 0 saturated carbocycles. The first-order valence-electron chi connectivity index (χ1n) is 6.28. The highest BCUT2D eigenvalue weighted by Crippen LogP contribution is 2.36. The van der Waals surface area contributed by atoms with E-state index in [1.807, 2.05) is 25.1 Å². The summed E-state index contributed by atoms with van der Waals surface area (Å²) in [5, 5.41) is 9.32. The number of hydrogen-bond donors (Lipinski definition) is 1. The normalized spacial score (nSPS) is 18.2. The Labute approximate surface area is 108 Å². The SMILES string of the molecule is COc1cccc(C(C)CO)c1OC1CN(C)C1. The summed E-state index contributed by atoms with van der Waals surface area (Å²) in [6.07, 6.45) is 0.218. The van der Waals surface area contributed by atoms with Gasteiger partial charge in [-0.05, 0) is 13.1 Å². The van der Waals surface area contributed by atoms with Crippen molar-refractivity contribution in [3.05, 3.63) is 23.8 Å². The smallest absolute Gasteiger partial charge is 0.165 e. The minimum Gasteiger partial charge on any atom is -0.493 e. The van der Waals surface area contributed by atoms with Gasteiger partial charge in [-0.3, -0.25) is 4.90 Å². The Morgan fingerprint density at radius 1 is 1.44 bits per heavy atom. The van der Waals surface area contributed by atoms with Crippen LogP contribution in [0.5, 0.6) is 11.5 Å². The summed E-state index contributed by atoms with van der Waals surface area (Å²) in [5.41, 5.74) is 1.01. The quantitative estimate of drug-likeness (QED) is 0.861. The van der Waals surface area contributed by atoms with Gasteiger partial charge in [0.15, 0.2) is 11.5 Å². The molecule has 0 amide bonds. The molecular formula is C14H21NO3. The van der Waals surface area contributed by atoms with Crippen LogP contribution in [0.2, 0.25) is 0 Å². The lowest BCUT2D eigenvalue weighted by Gasteiger charge is -2.37. The Kier molecular flexibility index (Phi) is 4.09. The number of aliphatic hydroxyl groups excluding tert-OH is 1. The van der Waals surface area contributed by atoms with Gasteiger partial charge in [-0.15, -0.1) is 0 Å². The molecule has 0 spiro atoms.